The maximum absolute atomic E-state index is 15.5. The van der Waals surface area contributed by atoms with Crippen molar-refractivity contribution in [3.63, 3.8) is 0 Å². The number of nitrogen functional groups attached to an aromatic ring is 1. The summed E-state index contributed by atoms with van der Waals surface area (Å²) >= 11 is 6.29. The van der Waals surface area contributed by atoms with Crippen molar-refractivity contribution in [3.05, 3.63) is 52.2 Å². The summed E-state index contributed by atoms with van der Waals surface area (Å²) in [5.41, 5.74) is 6.52. The van der Waals surface area contributed by atoms with Gasteiger partial charge in [-0.1, -0.05) is 21.9 Å². The topological polar surface area (TPSA) is 102 Å². The van der Waals surface area contributed by atoms with Crippen LogP contribution >= 0.6 is 11.6 Å². The quantitative estimate of drug-likeness (QED) is 0.456. The van der Waals surface area contributed by atoms with Crippen molar-refractivity contribution in [3.8, 4) is 11.6 Å². The number of benzene rings is 2. The van der Waals surface area contributed by atoms with Crippen molar-refractivity contribution in [1.29, 1.82) is 0 Å². The highest BCUT2D eigenvalue weighted by atomic mass is 35.5. The molecule has 1 amide bonds. The molecule has 37 heavy (non-hydrogen) atoms. The number of nitrogens with zero attached hydrogens (tertiary/aromatic N) is 5. The highest BCUT2D eigenvalue weighted by Gasteiger charge is 2.29. The summed E-state index contributed by atoms with van der Waals surface area (Å²) < 4.78 is 36.2. The Morgan fingerprint density at radius 2 is 1.89 bits per heavy atom. The van der Waals surface area contributed by atoms with Crippen LogP contribution in [0.5, 0.6) is 5.88 Å². The van der Waals surface area contributed by atoms with Gasteiger partial charge >= 0.3 is 0 Å². The predicted octanol–water partition coefficient (Wildman–Crippen LogP) is 4.27. The fourth-order valence-electron chi connectivity index (χ4n) is 4.42. The summed E-state index contributed by atoms with van der Waals surface area (Å²) in [4.78, 5) is 17.6. The number of aromatic nitrogens is 3. The lowest BCUT2D eigenvalue weighted by Crippen LogP contribution is -2.55. The van der Waals surface area contributed by atoms with E-state index in [9.17, 15) is 9.18 Å². The Kier molecular flexibility index (Phi) is 7.56. The monoisotopic (exact) mass is 533 g/mol. The van der Waals surface area contributed by atoms with Crippen molar-refractivity contribution in [2.24, 2.45) is 0 Å². The smallest absolute Gasteiger partial charge is 0.257 e. The van der Waals surface area contributed by atoms with Crippen molar-refractivity contribution < 1.29 is 18.3 Å². The lowest BCUT2D eigenvalue weighted by atomic mass is 10.1. The van der Waals surface area contributed by atoms with Crippen LogP contribution in [0.4, 0.5) is 25.8 Å². The van der Waals surface area contributed by atoms with Crippen molar-refractivity contribution in [2.75, 3.05) is 42.7 Å². The van der Waals surface area contributed by atoms with Crippen LogP contribution in [0.25, 0.3) is 5.69 Å². The van der Waals surface area contributed by atoms with Crippen LogP contribution in [-0.2, 0) is 0 Å². The zero-order valence-electron chi connectivity index (χ0n) is 21.3. The largest absolute Gasteiger partial charge is 0.476 e. The summed E-state index contributed by atoms with van der Waals surface area (Å²) in [7, 11) is 2.04. The third kappa shape index (κ3) is 5.19. The molecule has 2 heterocycles. The first-order chi connectivity index (χ1) is 17.5. The van der Waals surface area contributed by atoms with Gasteiger partial charge in [0, 0.05) is 36.8 Å². The molecular weight excluding hydrogens is 504 g/mol. The first-order valence-corrected chi connectivity index (χ1v) is 12.3. The van der Waals surface area contributed by atoms with Gasteiger partial charge in [0.05, 0.1) is 40.5 Å². The Labute approximate surface area is 219 Å². The number of nitrogens with one attached hydrogen (secondary N) is 1. The van der Waals surface area contributed by atoms with Gasteiger partial charge in [0.15, 0.2) is 11.6 Å². The number of ether oxygens (including phenoxy) is 1. The van der Waals surface area contributed by atoms with Crippen LogP contribution in [0.2, 0.25) is 5.02 Å². The minimum absolute atomic E-state index is 0.00870. The molecule has 2 aromatic carbocycles. The van der Waals surface area contributed by atoms with Gasteiger partial charge in [-0.2, -0.15) is 0 Å². The highest BCUT2D eigenvalue weighted by molar-refractivity contribution is 6.35. The molecular formula is C25H30ClF2N7O2. The molecule has 1 fully saturated rings. The van der Waals surface area contributed by atoms with Gasteiger partial charge in [0.1, 0.15) is 5.69 Å². The Balaban J connectivity index is 1.79. The average molecular weight is 534 g/mol. The average Bonchev–Trinajstić information content (AvgIpc) is 3.32. The lowest BCUT2D eigenvalue weighted by Gasteiger charge is -2.44. The lowest BCUT2D eigenvalue weighted by molar-refractivity contribution is 0.102. The van der Waals surface area contributed by atoms with Gasteiger partial charge in [-0.05, 0) is 46.9 Å². The molecule has 0 aliphatic carbocycles. The SMILES string of the molecule is CCOc1cn(-c2cc(NC(=O)c3cc(N)c(F)c(C)c3Cl)c(N3C[C@@H](C)N(C)[C@@H](C)C3)cc2F)nn1. The third-order valence-corrected chi connectivity index (χ3v) is 7.21. The number of piperazine rings is 1. The Hall–Kier alpha value is -3.44. The molecule has 4 rings (SSSR count). The number of hydrogen-bond acceptors (Lipinski definition) is 7. The molecule has 0 spiro atoms. The first kappa shape index (κ1) is 26.6. The number of anilines is 3. The molecule has 0 saturated carbocycles. The summed E-state index contributed by atoms with van der Waals surface area (Å²) in [6.07, 6.45) is 1.45. The number of rotatable bonds is 6. The molecule has 0 radical (unpaired) electrons. The molecule has 12 heteroatoms. The minimum atomic E-state index is -0.678. The van der Waals surface area contributed by atoms with E-state index in [-0.39, 0.29) is 45.5 Å². The van der Waals surface area contributed by atoms with Gasteiger partial charge in [-0.3, -0.25) is 9.69 Å². The van der Waals surface area contributed by atoms with Crippen molar-refractivity contribution >= 4 is 34.6 Å². The van der Waals surface area contributed by atoms with E-state index in [0.717, 1.165) is 0 Å². The molecule has 0 bridgehead atoms. The van der Waals surface area contributed by atoms with Gasteiger partial charge in [-0.25, -0.2) is 13.5 Å². The van der Waals surface area contributed by atoms with Gasteiger partial charge in [0.2, 0.25) is 0 Å². The summed E-state index contributed by atoms with van der Waals surface area (Å²) in [5, 5.41) is 10.6. The molecule has 1 aliphatic heterocycles. The van der Waals surface area contributed by atoms with Crippen LogP contribution in [0.3, 0.4) is 0 Å². The van der Waals surface area contributed by atoms with Crippen molar-refractivity contribution in [1.82, 2.24) is 19.9 Å². The second-order valence-corrected chi connectivity index (χ2v) is 9.62. The molecule has 0 unspecified atom stereocenters. The third-order valence-electron chi connectivity index (χ3n) is 6.72. The number of carbonyl (C=O) groups excluding carboxylic acids is 1. The number of carbonyl (C=O) groups is 1. The minimum Gasteiger partial charge on any atom is -0.476 e. The van der Waals surface area contributed by atoms with E-state index in [1.54, 1.807) is 6.92 Å². The normalized spacial score (nSPS) is 18.2. The summed E-state index contributed by atoms with van der Waals surface area (Å²) in [6, 6.07) is 4.41. The number of amides is 1. The molecule has 2 atom stereocenters. The molecule has 3 aromatic rings. The predicted molar refractivity (Wildman–Crippen MR) is 140 cm³/mol. The Bertz CT molecular complexity index is 1320. The van der Waals surface area contributed by atoms with Crippen LogP contribution in [0, 0.1) is 18.6 Å². The van der Waals surface area contributed by atoms with Crippen molar-refractivity contribution in [2.45, 2.75) is 39.8 Å². The fourth-order valence-corrected chi connectivity index (χ4v) is 4.65. The van der Waals surface area contributed by atoms with E-state index in [1.807, 2.05) is 11.9 Å². The number of likely N-dealkylation sites (N-methyl/N-ethyl adjacent to an activating group) is 1. The second kappa shape index (κ2) is 10.5. The van der Waals surface area contributed by atoms with Gasteiger partial charge in [-0.15, -0.1) is 0 Å². The number of nitrogens with two attached hydrogens (primary N) is 1. The van der Waals surface area contributed by atoms with Crippen LogP contribution in [0.15, 0.2) is 24.4 Å². The fraction of sp³-hybridized carbons (Fsp3) is 0.400. The van der Waals surface area contributed by atoms with E-state index in [0.29, 0.717) is 31.1 Å². The standard InChI is InChI=1S/C25H30ClF2N7O2/c1-6-37-22-12-35(32-31-22)20-9-19(30-25(36)16-7-18(29)24(28)15(4)23(16)26)21(8-17(20)27)34-10-13(2)33(5)14(3)11-34/h7-9,12-14H,6,10-11,29H2,1-5H3,(H,30,36)/t13-,14+. The molecule has 1 aromatic heterocycles. The molecule has 3 N–H and O–H groups in total. The molecule has 1 aliphatic rings. The van der Waals surface area contributed by atoms with E-state index in [2.05, 4.69) is 34.4 Å². The Morgan fingerprint density at radius 1 is 1.22 bits per heavy atom. The summed E-state index contributed by atoms with van der Waals surface area (Å²) in [6.45, 7) is 9.02. The molecule has 1 saturated heterocycles. The zero-order valence-corrected chi connectivity index (χ0v) is 22.1. The summed E-state index contributed by atoms with van der Waals surface area (Å²) in [5.74, 6) is -1.60. The van der Waals surface area contributed by atoms with Crippen LogP contribution in [-0.4, -0.2) is 64.6 Å². The van der Waals surface area contributed by atoms with E-state index >= 15 is 4.39 Å². The van der Waals surface area contributed by atoms with Crippen LogP contribution < -0.4 is 20.7 Å². The maximum Gasteiger partial charge on any atom is 0.257 e. The maximum atomic E-state index is 15.5. The molecule has 9 nitrogen and oxygen atoms in total. The van der Waals surface area contributed by atoms with Gasteiger partial charge in [0.25, 0.3) is 11.8 Å². The Morgan fingerprint density at radius 3 is 2.54 bits per heavy atom. The second-order valence-electron chi connectivity index (χ2n) is 9.24. The number of hydrogen-bond donors (Lipinski definition) is 2. The van der Waals surface area contributed by atoms with E-state index in [4.69, 9.17) is 22.1 Å². The number of halogens is 3. The molecule has 198 valence electrons. The van der Waals surface area contributed by atoms with E-state index in [1.165, 1.54) is 36.0 Å². The highest BCUT2D eigenvalue weighted by Crippen LogP contribution is 2.35. The van der Waals surface area contributed by atoms with Gasteiger partial charge < -0.3 is 20.7 Å². The van der Waals surface area contributed by atoms with E-state index < -0.39 is 17.5 Å². The zero-order chi connectivity index (χ0) is 27.0. The first-order valence-electron chi connectivity index (χ1n) is 11.9. The van der Waals surface area contributed by atoms with Crippen LogP contribution in [0.1, 0.15) is 36.7 Å².